The average Bonchev–Trinajstić information content (AvgIpc) is 2.41. The van der Waals surface area contributed by atoms with Crippen LogP contribution in [-0.2, 0) is 23.8 Å². The quantitative estimate of drug-likeness (QED) is 0.829. The standard InChI is InChI=1S/C13H18O6S/c1-9-3-5-10(6-4-9)20(15,16)19-12-8-18-13(17-2)7-11(12)14/h3-6,11-14H,7-8H2,1-2H3/t11-,12-,13-/m1/s1. The van der Waals surface area contributed by atoms with Gasteiger partial charge in [0.15, 0.2) is 6.29 Å². The number of aliphatic hydroxyl groups excluding tert-OH is 1. The zero-order chi connectivity index (χ0) is 14.8. The van der Waals surface area contributed by atoms with E-state index in [2.05, 4.69) is 0 Å². The molecular weight excluding hydrogens is 284 g/mol. The first-order valence-electron chi connectivity index (χ1n) is 6.25. The first kappa shape index (κ1) is 15.4. The maximum Gasteiger partial charge on any atom is 0.297 e. The molecule has 1 fully saturated rings. The van der Waals surface area contributed by atoms with Gasteiger partial charge in [-0.15, -0.1) is 0 Å². The predicted octanol–water partition coefficient (Wildman–Crippen LogP) is 0.823. The third kappa shape index (κ3) is 3.56. The summed E-state index contributed by atoms with van der Waals surface area (Å²) in [5, 5.41) is 9.88. The van der Waals surface area contributed by atoms with Gasteiger partial charge in [0.1, 0.15) is 6.10 Å². The van der Waals surface area contributed by atoms with Gasteiger partial charge in [0.25, 0.3) is 10.1 Å². The number of benzene rings is 1. The van der Waals surface area contributed by atoms with Gasteiger partial charge in [-0.05, 0) is 19.1 Å². The highest BCUT2D eigenvalue weighted by atomic mass is 32.2. The van der Waals surface area contributed by atoms with Crippen LogP contribution in [0, 0.1) is 6.92 Å². The largest absolute Gasteiger partial charge is 0.390 e. The fourth-order valence-corrected chi connectivity index (χ4v) is 3.00. The second-order valence-electron chi connectivity index (χ2n) is 4.70. The van der Waals surface area contributed by atoms with Crippen molar-refractivity contribution in [2.24, 2.45) is 0 Å². The van der Waals surface area contributed by atoms with Gasteiger partial charge in [-0.3, -0.25) is 4.18 Å². The number of methoxy groups -OCH3 is 1. The van der Waals surface area contributed by atoms with Gasteiger partial charge >= 0.3 is 0 Å². The monoisotopic (exact) mass is 302 g/mol. The van der Waals surface area contributed by atoms with Crippen LogP contribution in [-0.4, -0.2) is 45.7 Å². The third-order valence-corrected chi connectivity index (χ3v) is 4.48. The minimum atomic E-state index is -3.91. The summed E-state index contributed by atoms with van der Waals surface area (Å²) in [4.78, 5) is 0.0594. The molecule has 1 heterocycles. The molecule has 7 heteroatoms. The smallest absolute Gasteiger partial charge is 0.297 e. The lowest BCUT2D eigenvalue weighted by Gasteiger charge is -2.31. The predicted molar refractivity (Wildman–Crippen MR) is 70.6 cm³/mol. The fraction of sp³-hybridized carbons (Fsp3) is 0.538. The van der Waals surface area contributed by atoms with Crippen LogP contribution in [0.3, 0.4) is 0 Å². The maximum absolute atomic E-state index is 12.1. The van der Waals surface area contributed by atoms with Gasteiger partial charge < -0.3 is 14.6 Å². The third-order valence-electron chi connectivity index (χ3n) is 3.13. The Morgan fingerprint density at radius 2 is 1.95 bits per heavy atom. The van der Waals surface area contributed by atoms with Gasteiger partial charge in [-0.2, -0.15) is 8.42 Å². The SMILES string of the molecule is CO[C@H]1C[C@@H](O)[C@H](OS(=O)(=O)c2ccc(C)cc2)CO1. The molecule has 2 rings (SSSR count). The minimum Gasteiger partial charge on any atom is -0.390 e. The van der Waals surface area contributed by atoms with Crippen LogP contribution in [0.5, 0.6) is 0 Å². The van der Waals surface area contributed by atoms with Gasteiger partial charge in [0.05, 0.1) is 17.6 Å². The van der Waals surface area contributed by atoms with E-state index in [0.717, 1.165) is 5.56 Å². The molecule has 0 bridgehead atoms. The van der Waals surface area contributed by atoms with E-state index in [1.165, 1.54) is 19.2 Å². The number of aryl methyl sites for hydroxylation is 1. The Morgan fingerprint density at radius 1 is 1.30 bits per heavy atom. The summed E-state index contributed by atoms with van der Waals surface area (Å²) in [6.07, 6.45) is -2.24. The molecule has 0 unspecified atom stereocenters. The number of hydrogen-bond acceptors (Lipinski definition) is 6. The second kappa shape index (κ2) is 6.19. The van der Waals surface area contributed by atoms with E-state index in [0.29, 0.717) is 0 Å². The van der Waals surface area contributed by atoms with Crippen molar-refractivity contribution >= 4 is 10.1 Å². The molecule has 1 aliphatic heterocycles. The summed E-state index contributed by atoms with van der Waals surface area (Å²) < 4.78 is 39.4. The molecule has 0 aliphatic carbocycles. The molecular formula is C13H18O6S. The summed E-state index contributed by atoms with van der Waals surface area (Å²) in [6.45, 7) is 1.83. The molecule has 1 saturated heterocycles. The summed E-state index contributed by atoms with van der Waals surface area (Å²) in [5.74, 6) is 0. The van der Waals surface area contributed by atoms with E-state index in [4.69, 9.17) is 13.7 Å². The zero-order valence-electron chi connectivity index (χ0n) is 11.4. The molecule has 112 valence electrons. The Hall–Kier alpha value is -0.990. The van der Waals surface area contributed by atoms with E-state index in [-0.39, 0.29) is 17.9 Å². The van der Waals surface area contributed by atoms with Crippen LogP contribution in [0.4, 0.5) is 0 Å². The Kier molecular flexibility index (Phi) is 4.77. The molecule has 1 aromatic rings. The average molecular weight is 302 g/mol. The summed E-state index contributed by atoms with van der Waals surface area (Å²) >= 11 is 0. The maximum atomic E-state index is 12.1. The lowest BCUT2D eigenvalue weighted by molar-refractivity contribution is -0.200. The summed E-state index contributed by atoms with van der Waals surface area (Å²) in [5.41, 5.74) is 0.952. The van der Waals surface area contributed by atoms with Crippen molar-refractivity contribution < 1.29 is 27.2 Å². The van der Waals surface area contributed by atoms with Gasteiger partial charge in [-0.25, -0.2) is 0 Å². The highest BCUT2D eigenvalue weighted by Crippen LogP contribution is 2.22. The molecule has 1 N–H and O–H groups in total. The van der Waals surface area contributed by atoms with Crippen LogP contribution < -0.4 is 0 Å². The fourth-order valence-electron chi connectivity index (χ4n) is 1.91. The molecule has 3 atom stereocenters. The lowest BCUT2D eigenvalue weighted by Crippen LogP contribution is -2.44. The molecule has 20 heavy (non-hydrogen) atoms. The molecule has 0 amide bonds. The summed E-state index contributed by atoms with van der Waals surface area (Å²) in [6, 6.07) is 6.31. The van der Waals surface area contributed by atoms with Gasteiger partial charge in [-0.1, -0.05) is 17.7 Å². The van der Waals surface area contributed by atoms with Gasteiger partial charge in [0, 0.05) is 13.5 Å². The molecule has 1 aromatic carbocycles. The van der Waals surface area contributed by atoms with Crippen molar-refractivity contribution in [1.82, 2.24) is 0 Å². The Morgan fingerprint density at radius 3 is 2.50 bits per heavy atom. The van der Waals surface area contributed by atoms with E-state index < -0.39 is 28.6 Å². The normalized spacial score (nSPS) is 27.4. The van der Waals surface area contributed by atoms with Crippen LogP contribution in [0.25, 0.3) is 0 Å². The first-order chi connectivity index (χ1) is 9.42. The van der Waals surface area contributed by atoms with Crippen molar-refractivity contribution in [1.29, 1.82) is 0 Å². The Bertz CT molecular complexity index is 538. The van der Waals surface area contributed by atoms with Crippen LogP contribution >= 0.6 is 0 Å². The first-order valence-corrected chi connectivity index (χ1v) is 7.65. The van der Waals surface area contributed by atoms with Crippen molar-refractivity contribution in [2.45, 2.75) is 36.7 Å². The lowest BCUT2D eigenvalue weighted by atomic mass is 10.1. The van der Waals surface area contributed by atoms with Crippen molar-refractivity contribution in [3.05, 3.63) is 29.8 Å². The number of rotatable bonds is 4. The van der Waals surface area contributed by atoms with Crippen molar-refractivity contribution in [3.8, 4) is 0 Å². The Balaban J connectivity index is 2.07. The van der Waals surface area contributed by atoms with E-state index in [1.807, 2.05) is 6.92 Å². The van der Waals surface area contributed by atoms with Crippen molar-refractivity contribution in [2.75, 3.05) is 13.7 Å². The number of hydrogen-bond donors (Lipinski definition) is 1. The zero-order valence-corrected chi connectivity index (χ0v) is 12.2. The molecule has 0 saturated carbocycles. The van der Waals surface area contributed by atoms with Crippen LogP contribution in [0.2, 0.25) is 0 Å². The van der Waals surface area contributed by atoms with Crippen LogP contribution in [0.1, 0.15) is 12.0 Å². The number of ether oxygens (including phenoxy) is 2. The van der Waals surface area contributed by atoms with E-state index in [1.54, 1.807) is 12.1 Å². The molecule has 0 aromatic heterocycles. The van der Waals surface area contributed by atoms with Crippen molar-refractivity contribution in [3.63, 3.8) is 0 Å². The molecule has 0 spiro atoms. The molecule has 6 nitrogen and oxygen atoms in total. The number of aliphatic hydroxyl groups is 1. The highest BCUT2D eigenvalue weighted by Gasteiger charge is 2.34. The van der Waals surface area contributed by atoms with E-state index in [9.17, 15) is 13.5 Å². The molecule has 0 radical (unpaired) electrons. The topological polar surface area (TPSA) is 82.1 Å². The second-order valence-corrected chi connectivity index (χ2v) is 6.28. The molecule has 1 aliphatic rings. The summed E-state index contributed by atoms with van der Waals surface area (Å²) in [7, 11) is -2.45. The van der Waals surface area contributed by atoms with Gasteiger partial charge in [0.2, 0.25) is 0 Å². The van der Waals surface area contributed by atoms with Crippen LogP contribution in [0.15, 0.2) is 29.2 Å². The van der Waals surface area contributed by atoms with E-state index >= 15 is 0 Å². The highest BCUT2D eigenvalue weighted by molar-refractivity contribution is 7.86. The minimum absolute atomic E-state index is 0.0369. The Labute approximate surface area is 118 Å².